The standard InChI is InChI=1S/C22H16Cl2N2O/c23-17-11-12-18(19(24)13-17)22(27)26-21(16-9-5-2-6-10-16)14-20(25-26)15-7-3-1-4-8-15/h1-13,21H,14H2/t21-/m0/s1. The topological polar surface area (TPSA) is 32.7 Å². The third-order valence-corrected chi connectivity index (χ3v) is 5.12. The minimum Gasteiger partial charge on any atom is -0.267 e. The minimum atomic E-state index is -0.239. The lowest BCUT2D eigenvalue weighted by molar-refractivity contribution is 0.0711. The van der Waals surface area contributed by atoms with E-state index in [1.807, 2.05) is 60.7 Å². The van der Waals surface area contributed by atoms with Crippen molar-refractivity contribution in [3.05, 3.63) is 106 Å². The van der Waals surface area contributed by atoms with Crippen molar-refractivity contribution in [2.75, 3.05) is 0 Å². The third-order valence-electron chi connectivity index (χ3n) is 4.57. The van der Waals surface area contributed by atoms with Crippen LogP contribution in [-0.4, -0.2) is 16.6 Å². The van der Waals surface area contributed by atoms with Gasteiger partial charge in [0.15, 0.2) is 0 Å². The van der Waals surface area contributed by atoms with E-state index in [0.29, 0.717) is 22.0 Å². The van der Waals surface area contributed by atoms with Gasteiger partial charge in [0.2, 0.25) is 0 Å². The van der Waals surface area contributed by atoms with Crippen LogP contribution in [0.3, 0.4) is 0 Å². The molecule has 0 spiro atoms. The largest absolute Gasteiger partial charge is 0.276 e. The Morgan fingerprint density at radius 2 is 1.59 bits per heavy atom. The lowest BCUT2D eigenvalue weighted by Crippen LogP contribution is -2.27. The zero-order valence-electron chi connectivity index (χ0n) is 14.3. The molecule has 1 amide bonds. The molecule has 0 saturated carbocycles. The molecule has 0 aliphatic carbocycles. The summed E-state index contributed by atoms with van der Waals surface area (Å²) < 4.78 is 0. The fourth-order valence-electron chi connectivity index (χ4n) is 3.22. The summed E-state index contributed by atoms with van der Waals surface area (Å²) in [6.07, 6.45) is 0.644. The van der Waals surface area contributed by atoms with E-state index in [1.54, 1.807) is 18.2 Å². The van der Waals surface area contributed by atoms with Gasteiger partial charge in [-0.15, -0.1) is 0 Å². The van der Waals surface area contributed by atoms with Crippen molar-refractivity contribution >= 4 is 34.8 Å². The van der Waals surface area contributed by atoms with Gasteiger partial charge in [0, 0.05) is 11.4 Å². The van der Waals surface area contributed by atoms with Crippen LogP contribution in [-0.2, 0) is 0 Å². The van der Waals surface area contributed by atoms with Crippen LogP contribution in [0.4, 0.5) is 0 Å². The first-order valence-electron chi connectivity index (χ1n) is 8.60. The highest BCUT2D eigenvalue weighted by Gasteiger charge is 2.34. The normalized spacial score (nSPS) is 16.3. The summed E-state index contributed by atoms with van der Waals surface area (Å²) in [5.41, 5.74) is 3.31. The molecule has 0 fully saturated rings. The molecule has 1 heterocycles. The summed E-state index contributed by atoms with van der Waals surface area (Å²) in [5.74, 6) is -0.239. The van der Waals surface area contributed by atoms with Gasteiger partial charge in [-0.3, -0.25) is 4.79 Å². The van der Waals surface area contributed by atoms with Crippen molar-refractivity contribution < 1.29 is 4.79 Å². The van der Waals surface area contributed by atoms with Crippen LogP contribution in [0.5, 0.6) is 0 Å². The molecule has 3 aromatic carbocycles. The van der Waals surface area contributed by atoms with Crippen LogP contribution < -0.4 is 0 Å². The number of halogens is 2. The van der Waals surface area contributed by atoms with Gasteiger partial charge in [0.25, 0.3) is 5.91 Å². The van der Waals surface area contributed by atoms with Crippen LogP contribution in [0.2, 0.25) is 10.0 Å². The van der Waals surface area contributed by atoms with Crippen LogP contribution in [0.25, 0.3) is 0 Å². The van der Waals surface area contributed by atoms with Crippen LogP contribution in [0.1, 0.15) is 33.9 Å². The Kier molecular flexibility index (Phi) is 4.97. The van der Waals surface area contributed by atoms with E-state index in [4.69, 9.17) is 23.2 Å². The molecule has 27 heavy (non-hydrogen) atoms. The second kappa shape index (κ2) is 7.55. The average molecular weight is 395 g/mol. The van der Waals surface area contributed by atoms with Gasteiger partial charge in [-0.2, -0.15) is 5.10 Å². The predicted octanol–water partition coefficient (Wildman–Crippen LogP) is 5.98. The van der Waals surface area contributed by atoms with Crippen LogP contribution in [0, 0.1) is 0 Å². The predicted molar refractivity (Wildman–Crippen MR) is 109 cm³/mol. The number of benzene rings is 3. The number of hydrogen-bond acceptors (Lipinski definition) is 2. The van der Waals surface area contributed by atoms with Crippen molar-refractivity contribution in [3.63, 3.8) is 0 Å². The van der Waals surface area contributed by atoms with E-state index in [-0.39, 0.29) is 11.9 Å². The average Bonchev–Trinajstić information content (AvgIpc) is 3.14. The lowest BCUT2D eigenvalue weighted by Gasteiger charge is -2.22. The van der Waals surface area contributed by atoms with Crippen molar-refractivity contribution in [1.29, 1.82) is 0 Å². The molecule has 0 aromatic heterocycles. The number of nitrogens with zero attached hydrogens (tertiary/aromatic N) is 2. The highest BCUT2D eigenvalue weighted by molar-refractivity contribution is 6.36. The maximum Gasteiger partial charge on any atom is 0.276 e. The van der Waals surface area contributed by atoms with Gasteiger partial charge in [-0.1, -0.05) is 83.9 Å². The second-order valence-corrected chi connectivity index (χ2v) is 7.16. The van der Waals surface area contributed by atoms with Crippen molar-refractivity contribution in [3.8, 4) is 0 Å². The molecule has 1 aliphatic rings. The van der Waals surface area contributed by atoms with Gasteiger partial charge in [0.05, 0.1) is 22.3 Å². The van der Waals surface area contributed by atoms with Gasteiger partial charge in [-0.25, -0.2) is 5.01 Å². The Morgan fingerprint density at radius 1 is 0.926 bits per heavy atom. The zero-order chi connectivity index (χ0) is 18.8. The summed E-state index contributed by atoms with van der Waals surface area (Å²) in [6, 6.07) is 24.5. The van der Waals surface area contributed by atoms with Gasteiger partial charge < -0.3 is 0 Å². The van der Waals surface area contributed by atoms with Gasteiger partial charge >= 0.3 is 0 Å². The second-order valence-electron chi connectivity index (χ2n) is 6.32. The number of carbonyl (C=O) groups is 1. The summed E-state index contributed by atoms with van der Waals surface area (Å²) >= 11 is 12.2. The first-order chi connectivity index (χ1) is 13.1. The summed E-state index contributed by atoms with van der Waals surface area (Å²) in [4.78, 5) is 13.2. The fraction of sp³-hybridized carbons (Fsp3) is 0.0909. The molecule has 4 rings (SSSR count). The summed E-state index contributed by atoms with van der Waals surface area (Å²) in [6.45, 7) is 0. The van der Waals surface area contributed by atoms with E-state index < -0.39 is 0 Å². The molecule has 5 heteroatoms. The molecule has 0 N–H and O–H groups in total. The molecule has 134 valence electrons. The Balaban J connectivity index is 1.75. The highest BCUT2D eigenvalue weighted by atomic mass is 35.5. The van der Waals surface area contributed by atoms with Crippen LogP contribution in [0.15, 0.2) is 84.0 Å². The van der Waals surface area contributed by atoms with Crippen LogP contribution >= 0.6 is 23.2 Å². The molecule has 0 radical (unpaired) electrons. The first kappa shape index (κ1) is 17.8. The maximum atomic E-state index is 13.2. The van der Waals surface area contributed by atoms with Crippen molar-refractivity contribution in [1.82, 2.24) is 5.01 Å². The maximum absolute atomic E-state index is 13.2. The van der Waals surface area contributed by atoms with Gasteiger partial charge in [-0.05, 0) is 29.3 Å². The summed E-state index contributed by atoms with van der Waals surface area (Å²) in [5, 5.41) is 7.01. The molecule has 0 bridgehead atoms. The molecule has 3 nitrogen and oxygen atoms in total. The smallest absolute Gasteiger partial charge is 0.267 e. The lowest BCUT2D eigenvalue weighted by atomic mass is 9.98. The molecule has 0 saturated heterocycles. The number of hydrogen-bond donors (Lipinski definition) is 0. The van der Waals surface area contributed by atoms with E-state index in [1.165, 1.54) is 5.01 Å². The van der Waals surface area contributed by atoms with E-state index >= 15 is 0 Å². The monoisotopic (exact) mass is 394 g/mol. The Morgan fingerprint density at radius 3 is 2.26 bits per heavy atom. The molecular formula is C22H16Cl2N2O. The minimum absolute atomic E-state index is 0.180. The highest BCUT2D eigenvalue weighted by Crippen LogP contribution is 2.35. The number of hydrazone groups is 1. The van der Waals surface area contributed by atoms with E-state index in [2.05, 4.69) is 5.10 Å². The Hall–Kier alpha value is -2.62. The first-order valence-corrected chi connectivity index (χ1v) is 9.35. The quantitative estimate of drug-likeness (QED) is 0.537. The third kappa shape index (κ3) is 3.61. The van der Waals surface area contributed by atoms with E-state index in [0.717, 1.165) is 16.8 Å². The summed E-state index contributed by atoms with van der Waals surface area (Å²) in [7, 11) is 0. The molecule has 1 atom stereocenters. The molecule has 3 aromatic rings. The van der Waals surface area contributed by atoms with E-state index in [9.17, 15) is 4.79 Å². The van der Waals surface area contributed by atoms with Crippen molar-refractivity contribution in [2.45, 2.75) is 12.5 Å². The number of carbonyl (C=O) groups excluding carboxylic acids is 1. The Bertz CT molecular complexity index is 1000. The van der Waals surface area contributed by atoms with Crippen molar-refractivity contribution in [2.24, 2.45) is 5.10 Å². The molecule has 1 aliphatic heterocycles. The fourth-order valence-corrected chi connectivity index (χ4v) is 3.71. The SMILES string of the molecule is O=C(c1ccc(Cl)cc1Cl)N1N=C(c2ccccc2)C[C@H]1c1ccccc1. The zero-order valence-corrected chi connectivity index (χ0v) is 15.9. The number of rotatable bonds is 3. The Labute approximate surface area is 167 Å². The molecule has 0 unspecified atom stereocenters. The molecular weight excluding hydrogens is 379 g/mol. The van der Waals surface area contributed by atoms with Gasteiger partial charge in [0.1, 0.15) is 0 Å². The number of amides is 1.